The van der Waals surface area contributed by atoms with Crippen molar-refractivity contribution in [3.8, 4) is 0 Å². The lowest BCUT2D eigenvalue weighted by Crippen LogP contribution is -2.23. The molecule has 0 radical (unpaired) electrons. The number of esters is 1. The molecule has 1 aromatic carbocycles. The predicted octanol–water partition coefficient (Wildman–Crippen LogP) is 2.44. The normalized spacial score (nSPS) is 11.6. The second-order valence-electron chi connectivity index (χ2n) is 5.90. The Kier molecular flexibility index (Phi) is 7.18. The van der Waals surface area contributed by atoms with E-state index in [0.29, 0.717) is 9.93 Å². The van der Waals surface area contributed by atoms with Gasteiger partial charge in [-0.1, -0.05) is 17.4 Å². The minimum atomic E-state index is -0.424. The van der Waals surface area contributed by atoms with Crippen LogP contribution in [0, 0.1) is 6.92 Å². The van der Waals surface area contributed by atoms with Crippen molar-refractivity contribution in [3.05, 3.63) is 40.1 Å². The molecule has 29 heavy (non-hydrogen) atoms. The van der Waals surface area contributed by atoms with Crippen LogP contribution in [0.15, 0.2) is 34.8 Å². The molecule has 11 heteroatoms. The first-order valence-electron chi connectivity index (χ1n) is 8.47. The number of thioether (sulfide) groups is 1. The van der Waals surface area contributed by atoms with E-state index in [-0.39, 0.29) is 29.9 Å². The highest BCUT2D eigenvalue weighted by atomic mass is 32.2. The summed E-state index contributed by atoms with van der Waals surface area (Å²) in [4.78, 5) is 44.5. The number of ether oxygens (including phenoxy) is 1. The number of carbonyl (C=O) groups is 3. The van der Waals surface area contributed by atoms with Crippen LogP contribution in [-0.4, -0.2) is 46.0 Å². The van der Waals surface area contributed by atoms with Gasteiger partial charge in [0, 0.05) is 11.6 Å². The first-order valence-corrected chi connectivity index (χ1v) is 11.3. The van der Waals surface area contributed by atoms with Gasteiger partial charge < -0.3 is 14.6 Å². The molecule has 0 bridgehead atoms. The Balaban J connectivity index is 1.70. The zero-order valence-corrected chi connectivity index (χ0v) is 18.2. The van der Waals surface area contributed by atoms with Gasteiger partial charge in [-0.15, -0.1) is 23.1 Å². The second-order valence-corrected chi connectivity index (χ2v) is 8.79. The molecule has 1 N–H and O–H groups in total. The molecule has 0 fully saturated rings. The number of hydrogen-bond acceptors (Lipinski definition) is 8. The van der Waals surface area contributed by atoms with Gasteiger partial charge in [0.25, 0.3) is 5.91 Å². The molecule has 0 spiro atoms. The first kappa shape index (κ1) is 21.2. The number of benzene rings is 1. The quantitative estimate of drug-likeness (QED) is 0.555. The van der Waals surface area contributed by atoms with E-state index in [1.165, 1.54) is 41.5 Å². The highest BCUT2D eigenvalue weighted by Gasteiger charge is 2.12. The number of fused-ring (bicyclic) bond motifs is 1. The lowest BCUT2D eigenvalue weighted by molar-refractivity contribution is -0.141. The fourth-order valence-electron chi connectivity index (χ4n) is 2.42. The minimum absolute atomic E-state index is 0.0327. The van der Waals surface area contributed by atoms with Crippen molar-refractivity contribution in [2.24, 2.45) is 4.99 Å². The Morgan fingerprint density at radius 2 is 2.14 bits per heavy atom. The van der Waals surface area contributed by atoms with E-state index in [0.717, 1.165) is 15.8 Å². The molecule has 0 atom stereocenters. The fourth-order valence-corrected chi connectivity index (χ4v) is 4.71. The van der Waals surface area contributed by atoms with Crippen molar-refractivity contribution in [2.75, 3.05) is 23.9 Å². The van der Waals surface area contributed by atoms with Gasteiger partial charge in [0.15, 0.2) is 9.93 Å². The van der Waals surface area contributed by atoms with E-state index < -0.39 is 5.97 Å². The van der Waals surface area contributed by atoms with Crippen molar-refractivity contribution in [1.29, 1.82) is 0 Å². The van der Waals surface area contributed by atoms with E-state index >= 15 is 0 Å². The van der Waals surface area contributed by atoms with Crippen LogP contribution in [0.5, 0.6) is 0 Å². The number of hydrogen-bond donors (Lipinski definition) is 1. The lowest BCUT2D eigenvalue weighted by Gasteiger charge is -2.04. The van der Waals surface area contributed by atoms with E-state index in [1.54, 1.807) is 16.1 Å². The molecule has 0 aliphatic heterocycles. The van der Waals surface area contributed by atoms with Crippen molar-refractivity contribution >= 4 is 67.6 Å². The van der Waals surface area contributed by atoms with E-state index in [9.17, 15) is 14.4 Å². The Bertz CT molecular complexity index is 1100. The van der Waals surface area contributed by atoms with Crippen LogP contribution >= 0.6 is 34.4 Å². The van der Waals surface area contributed by atoms with Crippen molar-refractivity contribution in [3.63, 3.8) is 0 Å². The molecule has 3 rings (SSSR count). The molecule has 0 unspecified atom stereocenters. The molecule has 2 aromatic heterocycles. The van der Waals surface area contributed by atoms with Crippen molar-refractivity contribution < 1.29 is 19.1 Å². The Labute approximate surface area is 178 Å². The highest BCUT2D eigenvalue weighted by molar-refractivity contribution is 8.00. The topological polar surface area (TPSA) is 103 Å². The Hall–Kier alpha value is -2.50. The van der Waals surface area contributed by atoms with Crippen LogP contribution in [0.2, 0.25) is 0 Å². The van der Waals surface area contributed by atoms with Gasteiger partial charge in [-0.25, -0.2) is 4.98 Å². The highest BCUT2D eigenvalue weighted by Crippen LogP contribution is 2.19. The van der Waals surface area contributed by atoms with Crippen molar-refractivity contribution in [2.45, 2.75) is 13.5 Å². The number of anilines is 1. The molecular formula is C18H18N4O4S3. The average Bonchev–Trinajstić information content (AvgIpc) is 3.29. The predicted molar refractivity (Wildman–Crippen MR) is 115 cm³/mol. The molecule has 2 heterocycles. The molecule has 0 saturated carbocycles. The zero-order chi connectivity index (χ0) is 20.8. The van der Waals surface area contributed by atoms with Crippen LogP contribution in [0.25, 0.3) is 10.2 Å². The smallest absolute Gasteiger partial charge is 0.325 e. The first-order chi connectivity index (χ1) is 14.0. The van der Waals surface area contributed by atoms with E-state index in [1.807, 2.05) is 25.1 Å². The molecule has 2 amide bonds. The van der Waals surface area contributed by atoms with Gasteiger partial charge in [0.2, 0.25) is 5.91 Å². The maximum atomic E-state index is 12.3. The third-order valence-electron chi connectivity index (χ3n) is 3.71. The molecular weight excluding hydrogens is 432 g/mol. The van der Waals surface area contributed by atoms with Gasteiger partial charge in [-0.3, -0.25) is 14.4 Å². The SMILES string of the molecule is COC(=O)Cn1c(=NC(=O)CSCC(=O)Nc2nccs2)sc2cc(C)ccc21. The summed E-state index contributed by atoms with van der Waals surface area (Å²) in [6.07, 6.45) is 1.60. The number of aryl methyl sites for hydroxylation is 1. The molecule has 0 aliphatic carbocycles. The fraction of sp³-hybridized carbons (Fsp3) is 0.278. The number of amides is 2. The zero-order valence-electron chi connectivity index (χ0n) is 15.7. The summed E-state index contributed by atoms with van der Waals surface area (Å²) < 4.78 is 7.35. The third kappa shape index (κ3) is 5.75. The van der Waals surface area contributed by atoms with Crippen LogP contribution in [0.3, 0.4) is 0 Å². The van der Waals surface area contributed by atoms with Gasteiger partial charge in [-0.2, -0.15) is 4.99 Å². The largest absolute Gasteiger partial charge is 0.468 e. The summed E-state index contributed by atoms with van der Waals surface area (Å²) in [7, 11) is 1.32. The van der Waals surface area contributed by atoms with Gasteiger partial charge in [0.05, 0.1) is 28.8 Å². The van der Waals surface area contributed by atoms with Gasteiger partial charge in [0.1, 0.15) is 6.54 Å². The molecule has 0 saturated heterocycles. The average molecular weight is 451 g/mol. The Morgan fingerprint density at radius 3 is 2.86 bits per heavy atom. The number of aromatic nitrogens is 2. The van der Waals surface area contributed by atoms with Crippen LogP contribution < -0.4 is 10.1 Å². The maximum absolute atomic E-state index is 12.3. The summed E-state index contributed by atoms with van der Waals surface area (Å²) in [6, 6.07) is 5.81. The van der Waals surface area contributed by atoms with E-state index in [4.69, 9.17) is 4.74 Å². The summed E-state index contributed by atoms with van der Waals surface area (Å²) in [6.45, 7) is 1.94. The lowest BCUT2D eigenvalue weighted by atomic mass is 10.2. The number of methoxy groups -OCH3 is 1. The maximum Gasteiger partial charge on any atom is 0.325 e. The molecule has 8 nitrogen and oxygen atoms in total. The Morgan fingerprint density at radius 1 is 1.31 bits per heavy atom. The summed E-state index contributed by atoms with van der Waals surface area (Å²) >= 11 is 3.83. The van der Waals surface area contributed by atoms with Crippen LogP contribution in [0.1, 0.15) is 5.56 Å². The van der Waals surface area contributed by atoms with E-state index in [2.05, 4.69) is 15.3 Å². The summed E-state index contributed by atoms with van der Waals surface area (Å²) in [5.41, 5.74) is 1.89. The third-order valence-corrected chi connectivity index (χ3v) is 6.36. The summed E-state index contributed by atoms with van der Waals surface area (Å²) in [5, 5.41) is 4.95. The van der Waals surface area contributed by atoms with Gasteiger partial charge in [-0.05, 0) is 24.6 Å². The number of nitrogens with one attached hydrogen (secondary N) is 1. The number of nitrogens with zero attached hydrogens (tertiary/aromatic N) is 3. The number of carbonyl (C=O) groups excluding carboxylic acids is 3. The van der Waals surface area contributed by atoms with Crippen molar-refractivity contribution in [1.82, 2.24) is 9.55 Å². The minimum Gasteiger partial charge on any atom is -0.468 e. The molecule has 3 aromatic rings. The second kappa shape index (κ2) is 9.81. The monoisotopic (exact) mass is 450 g/mol. The number of thiazole rings is 2. The molecule has 0 aliphatic rings. The summed E-state index contributed by atoms with van der Waals surface area (Å²) in [5.74, 6) is -0.854. The standard InChI is InChI=1S/C18H18N4O4S3/c1-11-3-4-12-13(7-11)29-18(22(12)8-16(25)26-2)21-15(24)10-27-9-14(23)20-17-19-5-6-28-17/h3-7H,8-10H2,1-2H3,(H,19,20,23). The number of rotatable bonds is 7. The molecule has 152 valence electrons. The van der Waals surface area contributed by atoms with Crippen LogP contribution in [-0.2, 0) is 25.7 Å². The van der Waals surface area contributed by atoms with Gasteiger partial charge >= 0.3 is 5.97 Å². The van der Waals surface area contributed by atoms with Crippen LogP contribution in [0.4, 0.5) is 5.13 Å².